The molecule has 0 spiro atoms. The monoisotopic (exact) mass is 508 g/mol. The van der Waals surface area contributed by atoms with Gasteiger partial charge in [-0.3, -0.25) is 0 Å². The molecule has 0 unspecified atom stereocenters. The zero-order valence-electron chi connectivity index (χ0n) is 17.3. The van der Waals surface area contributed by atoms with Gasteiger partial charge >= 0.3 is 0 Å². The molecule has 8 nitrogen and oxygen atoms in total. The molecule has 3 N–H and O–H groups in total. The average Bonchev–Trinajstić information content (AvgIpc) is 3.09. The van der Waals surface area contributed by atoms with E-state index in [1.165, 1.54) is 0 Å². The number of rotatable bonds is 7. The van der Waals surface area contributed by atoms with Gasteiger partial charge in [-0.15, -0.1) is 0 Å². The van der Waals surface area contributed by atoms with Crippen molar-refractivity contribution in [3.63, 3.8) is 0 Å². The second kappa shape index (κ2) is 10.1. The Morgan fingerprint density at radius 3 is 2.58 bits per heavy atom. The van der Waals surface area contributed by atoms with E-state index in [-0.39, 0.29) is 17.7 Å². The molecule has 0 bridgehead atoms. The Kier molecular flexibility index (Phi) is 7.49. The molecule has 0 atom stereocenters. The number of methoxy groups -OCH3 is 3. The highest BCUT2D eigenvalue weighted by Gasteiger charge is 2.21. The van der Waals surface area contributed by atoms with Gasteiger partial charge in [0.2, 0.25) is 11.7 Å². The summed E-state index contributed by atoms with van der Waals surface area (Å²) in [6, 6.07) is 1.86. The Morgan fingerprint density at radius 2 is 1.94 bits per heavy atom. The molecule has 0 aliphatic rings. The van der Waals surface area contributed by atoms with E-state index in [2.05, 4.69) is 37.7 Å². The predicted molar refractivity (Wildman–Crippen MR) is 123 cm³/mol. The number of anilines is 1. The number of nitrogens with zero attached hydrogens (tertiary/aromatic N) is 3. The summed E-state index contributed by atoms with van der Waals surface area (Å²) in [5.74, 6) is 7.75. The van der Waals surface area contributed by atoms with Crippen LogP contribution in [-0.4, -0.2) is 47.6 Å². The van der Waals surface area contributed by atoms with Crippen LogP contribution in [0.2, 0.25) is 5.15 Å². The number of fused-ring (bicyclic) bond motifs is 1. The first-order chi connectivity index (χ1) is 14.9. The highest BCUT2D eigenvalue weighted by Crippen LogP contribution is 2.45. The average molecular weight is 510 g/mol. The molecule has 3 rings (SSSR count). The summed E-state index contributed by atoms with van der Waals surface area (Å²) in [5.41, 5.74) is 7.95. The molecular weight excluding hydrogens is 488 g/mol. The molecule has 0 saturated heterocycles. The molecule has 2 heterocycles. The fraction of sp³-hybridized carbons (Fsp3) is 0.333. The molecular formula is C21H22BrClN4O4. The first kappa shape index (κ1) is 23.0. The van der Waals surface area contributed by atoms with Crippen molar-refractivity contribution < 1.29 is 19.3 Å². The third-order valence-corrected chi connectivity index (χ3v) is 5.70. The minimum absolute atomic E-state index is 0.0700. The van der Waals surface area contributed by atoms with Crippen LogP contribution in [0, 0.1) is 11.8 Å². The summed E-state index contributed by atoms with van der Waals surface area (Å²) in [4.78, 5) is 8.45. The second-order valence-electron chi connectivity index (χ2n) is 6.49. The molecule has 0 saturated carbocycles. The van der Waals surface area contributed by atoms with E-state index in [0.29, 0.717) is 53.2 Å². The Hall–Kier alpha value is -2.67. The maximum atomic E-state index is 8.97. The maximum absolute atomic E-state index is 8.97. The third-order valence-electron chi connectivity index (χ3n) is 4.56. The molecule has 0 fully saturated rings. The fourth-order valence-corrected chi connectivity index (χ4v) is 4.02. The van der Waals surface area contributed by atoms with Crippen LogP contribution in [0.4, 0.5) is 5.95 Å². The smallest absolute Gasteiger partial charge is 0.223 e. The number of ether oxygens (including phenoxy) is 3. The Labute approximate surface area is 193 Å². The van der Waals surface area contributed by atoms with Gasteiger partial charge in [-0.1, -0.05) is 23.4 Å². The van der Waals surface area contributed by atoms with Crippen molar-refractivity contribution in [3.05, 3.63) is 33.0 Å². The normalized spacial score (nSPS) is 10.6. The van der Waals surface area contributed by atoms with Crippen LogP contribution in [0.3, 0.4) is 0 Å². The standard InChI is InChI=1S/C21H22BrClN4O4/c1-29-14-9-13(16(22)18(31-3)17(14)30-2)11-27-10-12(7-5-4-6-8-28)15-19(23)25-21(24)26-20(15)27/h9-10,28H,4,6,8,11H2,1-3H3,(H2,24,25,26). The Balaban J connectivity index is 2.15. The Bertz CT molecular complexity index is 1170. The van der Waals surface area contributed by atoms with Gasteiger partial charge < -0.3 is 29.6 Å². The highest BCUT2D eigenvalue weighted by molar-refractivity contribution is 9.10. The zero-order chi connectivity index (χ0) is 22.5. The summed E-state index contributed by atoms with van der Waals surface area (Å²) in [6.45, 7) is 0.491. The number of nitrogens with two attached hydrogens (primary N) is 1. The number of halogens is 2. The van der Waals surface area contributed by atoms with E-state index in [9.17, 15) is 0 Å². The van der Waals surface area contributed by atoms with Crippen molar-refractivity contribution in [1.82, 2.24) is 14.5 Å². The molecule has 0 aliphatic heterocycles. The van der Waals surface area contributed by atoms with Crippen molar-refractivity contribution in [3.8, 4) is 29.1 Å². The van der Waals surface area contributed by atoms with E-state index in [0.717, 1.165) is 10.0 Å². The fourth-order valence-electron chi connectivity index (χ4n) is 3.17. The lowest BCUT2D eigenvalue weighted by Crippen LogP contribution is -2.05. The van der Waals surface area contributed by atoms with E-state index in [1.54, 1.807) is 21.3 Å². The van der Waals surface area contributed by atoms with Crippen molar-refractivity contribution in [2.75, 3.05) is 33.7 Å². The molecule has 1 aromatic carbocycles. The topological polar surface area (TPSA) is 105 Å². The molecule has 31 heavy (non-hydrogen) atoms. The van der Waals surface area contributed by atoms with Gasteiger partial charge in [0.25, 0.3) is 0 Å². The summed E-state index contributed by atoms with van der Waals surface area (Å²) in [5, 5.41) is 9.82. The quantitative estimate of drug-likeness (QED) is 0.285. The zero-order valence-corrected chi connectivity index (χ0v) is 19.7. The number of unbranched alkanes of at least 4 members (excludes halogenated alkanes) is 1. The molecule has 0 radical (unpaired) electrons. The lowest BCUT2D eigenvalue weighted by atomic mass is 10.1. The van der Waals surface area contributed by atoms with Crippen LogP contribution in [-0.2, 0) is 6.54 Å². The van der Waals surface area contributed by atoms with Gasteiger partial charge in [0.15, 0.2) is 11.5 Å². The lowest BCUT2D eigenvalue weighted by molar-refractivity contribution is 0.290. The predicted octanol–water partition coefficient (Wildman–Crippen LogP) is 3.63. The number of aromatic nitrogens is 3. The molecule has 0 amide bonds. The third kappa shape index (κ3) is 4.66. The van der Waals surface area contributed by atoms with Gasteiger partial charge in [-0.2, -0.15) is 4.98 Å². The molecule has 10 heteroatoms. The summed E-state index contributed by atoms with van der Waals surface area (Å²) in [7, 11) is 4.67. The van der Waals surface area contributed by atoms with Crippen LogP contribution in [0.1, 0.15) is 24.0 Å². The van der Waals surface area contributed by atoms with Crippen LogP contribution < -0.4 is 19.9 Å². The van der Waals surface area contributed by atoms with E-state index < -0.39 is 0 Å². The van der Waals surface area contributed by atoms with Crippen LogP contribution in [0.5, 0.6) is 17.2 Å². The number of aliphatic hydroxyl groups excluding tert-OH is 1. The molecule has 2 aromatic heterocycles. The van der Waals surface area contributed by atoms with Gasteiger partial charge in [0, 0.05) is 19.2 Å². The van der Waals surface area contributed by atoms with Crippen LogP contribution in [0.15, 0.2) is 16.7 Å². The van der Waals surface area contributed by atoms with Crippen molar-refractivity contribution in [2.24, 2.45) is 0 Å². The summed E-state index contributed by atoms with van der Waals surface area (Å²) >= 11 is 9.98. The largest absolute Gasteiger partial charge is 0.493 e. The Morgan fingerprint density at radius 1 is 1.19 bits per heavy atom. The molecule has 164 valence electrons. The molecule has 0 aliphatic carbocycles. The van der Waals surface area contributed by atoms with E-state index in [4.69, 9.17) is 36.7 Å². The minimum Gasteiger partial charge on any atom is -0.493 e. The second-order valence-corrected chi connectivity index (χ2v) is 7.64. The van der Waals surface area contributed by atoms with Crippen molar-refractivity contribution >= 4 is 44.5 Å². The van der Waals surface area contributed by atoms with Crippen LogP contribution >= 0.6 is 27.5 Å². The lowest BCUT2D eigenvalue weighted by Gasteiger charge is -2.17. The first-order valence-electron chi connectivity index (χ1n) is 9.34. The van der Waals surface area contributed by atoms with E-state index in [1.807, 2.05) is 16.8 Å². The maximum Gasteiger partial charge on any atom is 0.223 e. The van der Waals surface area contributed by atoms with Crippen molar-refractivity contribution in [1.29, 1.82) is 0 Å². The highest BCUT2D eigenvalue weighted by atomic mass is 79.9. The summed E-state index contributed by atoms with van der Waals surface area (Å²) in [6.07, 6.45) is 3.02. The van der Waals surface area contributed by atoms with Gasteiger partial charge in [-0.25, -0.2) is 4.98 Å². The van der Waals surface area contributed by atoms with Crippen molar-refractivity contribution in [2.45, 2.75) is 19.4 Å². The number of hydrogen-bond donors (Lipinski definition) is 2. The molecule has 3 aromatic rings. The number of benzene rings is 1. The number of hydrogen-bond acceptors (Lipinski definition) is 7. The van der Waals surface area contributed by atoms with Crippen LogP contribution in [0.25, 0.3) is 11.0 Å². The number of aliphatic hydroxyl groups is 1. The summed E-state index contributed by atoms with van der Waals surface area (Å²) < 4.78 is 19.0. The van der Waals surface area contributed by atoms with Gasteiger partial charge in [0.05, 0.1) is 43.3 Å². The SMILES string of the molecule is COc1cc(Cn2cc(C#CCCCO)c3c(Cl)nc(N)nc32)c(Br)c(OC)c1OC. The minimum atomic E-state index is 0.0700. The first-order valence-corrected chi connectivity index (χ1v) is 10.5. The van der Waals surface area contributed by atoms with E-state index >= 15 is 0 Å². The number of nitrogen functional groups attached to an aromatic ring is 1. The van der Waals surface area contributed by atoms with Gasteiger partial charge in [0.1, 0.15) is 10.8 Å². The van der Waals surface area contributed by atoms with Gasteiger partial charge in [-0.05, 0) is 34.0 Å².